The highest BCUT2D eigenvalue weighted by molar-refractivity contribution is 4.98. The molecule has 0 aliphatic carbocycles. The minimum atomic E-state index is 0.558. The SMILES string of the molecule is CC(CCc1ccco1)NCC1CCOCC1. The predicted octanol–water partition coefficient (Wildman–Crippen LogP) is 2.62. The van der Waals surface area contributed by atoms with Crippen molar-refractivity contribution in [1.82, 2.24) is 5.32 Å². The zero-order valence-corrected chi connectivity index (χ0v) is 10.7. The van der Waals surface area contributed by atoms with Gasteiger partial charge in [0.05, 0.1) is 6.26 Å². The lowest BCUT2D eigenvalue weighted by atomic mass is 10.00. The fourth-order valence-electron chi connectivity index (χ4n) is 2.23. The highest BCUT2D eigenvalue weighted by atomic mass is 16.5. The summed E-state index contributed by atoms with van der Waals surface area (Å²) in [6.45, 7) is 5.26. The van der Waals surface area contributed by atoms with Crippen LogP contribution in [0.2, 0.25) is 0 Å². The van der Waals surface area contributed by atoms with E-state index < -0.39 is 0 Å². The lowest BCUT2D eigenvalue weighted by Crippen LogP contribution is -2.33. The molecule has 0 amide bonds. The third kappa shape index (κ3) is 4.52. The first-order valence-electron chi connectivity index (χ1n) is 6.68. The third-order valence-corrected chi connectivity index (χ3v) is 3.50. The maximum absolute atomic E-state index is 5.36. The van der Waals surface area contributed by atoms with Gasteiger partial charge in [-0.2, -0.15) is 0 Å². The average Bonchev–Trinajstić information content (AvgIpc) is 2.88. The molecule has 0 radical (unpaired) electrons. The second kappa shape index (κ2) is 6.82. The van der Waals surface area contributed by atoms with Crippen LogP contribution in [0.5, 0.6) is 0 Å². The van der Waals surface area contributed by atoms with Gasteiger partial charge in [-0.25, -0.2) is 0 Å². The summed E-state index contributed by atoms with van der Waals surface area (Å²) < 4.78 is 10.7. The van der Waals surface area contributed by atoms with Crippen LogP contribution in [0.3, 0.4) is 0 Å². The quantitative estimate of drug-likeness (QED) is 0.826. The van der Waals surface area contributed by atoms with Crippen LogP contribution in [0.1, 0.15) is 31.9 Å². The second-order valence-electron chi connectivity index (χ2n) is 4.98. The molecular weight excluding hydrogens is 214 g/mol. The number of rotatable bonds is 6. The Morgan fingerprint density at radius 2 is 2.24 bits per heavy atom. The van der Waals surface area contributed by atoms with Gasteiger partial charge in [0.1, 0.15) is 5.76 Å². The summed E-state index contributed by atoms with van der Waals surface area (Å²) >= 11 is 0. The van der Waals surface area contributed by atoms with Crippen molar-refractivity contribution in [3.63, 3.8) is 0 Å². The first-order valence-corrected chi connectivity index (χ1v) is 6.68. The summed E-state index contributed by atoms with van der Waals surface area (Å²) in [6.07, 6.45) is 6.32. The molecule has 1 aromatic rings. The fraction of sp³-hybridized carbons (Fsp3) is 0.714. The van der Waals surface area contributed by atoms with Crippen LogP contribution >= 0.6 is 0 Å². The molecule has 1 fully saturated rings. The van der Waals surface area contributed by atoms with Gasteiger partial charge in [0.2, 0.25) is 0 Å². The van der Waals surface area contributed by atoms with Gasteiger partial charge in [-0.3, -0.25) is 0 Å². The molecule has 1 aliphatic heterocycles. The van der Waals surface area contributed by atoms with Crippen LogP contribution < -0.4 is 5.32 Å². The van der Waals surface area contributed by atoms with E-state index in [4.69, 9.17) is 9.15 Å². The van der Waals surface area contributed by atoms with Crippen molar-refractivity contribution in [3.05, 3.63) is 24.2 Å². The summed E-state index contributed by atoms with van der Waals surface area (Å²) in [5, 5.41) is 3.62. The van der Waals surface area contributed by atoms with Crippen LogP contribution in [-0.2, 0) is 11.2 Å². The molecule has 1 N–H and O–H groups in total. The molecule has 1 saturated heterocycles. The van der Waals surface area contributed by atoms with Gasteiger partial charge in [0.25, 0.3) is 0 Å². The second-order valence-corrected chi connectivity index (χ2v) is 4.98. The first-order chi connectivity index (χ1) is 8.34. The van der Waals surface area contributed by atoms with E-state index in [9.17, 15) is 0 Å². The number of ether oxygens (including phenoxy) is 1. The van der Waals surface area contributed by atoms with Crippen molar-refractivity contribution < 1.29 is 9.15 Å². The van der Waals surface area contributed by atoms with Crippen molar-refractivity contribution in [2.24, 2.45) is 5.92 Å². The molecule has 0 spiro atoms. The Morgan fingerprint density at radius 3 is 2.94 bits per heavy atom. The molecule has 1 atom stereocenters. The number of furan rings is 1. The molecular formula is C14H23NO2. The monoisotopic (exact) mass is 237 g/mol. The van der Waals surface area contributed by atoms with Crippen molar-refractivity contribution >= 4 is 0 Å². The minimum Gasteiger partial charge on any atom is -0.469 e. The molecule has 2 heterocycles. The van der Waals surface area contributed by atoms with Gasteiger partial charge in [-0.15, -0.1) is 0 Å². The highest BCUT2D eigenvalue weighted by Gasteiger charge is 2.14. The normalized spacial score (nSPS) is 19.4. The molecule has 0 saturated carbocycles. The zero-order valence-electron chi connectivity index (χ0n) is 10.7. The van der Waals surface area contributed by atoms with Gasteiger partial charge >= 0.3 is 0 Å². The Balaban J connectivity index is 1.58. The van der Waals surface area contributed by atoms with Gasteiger partial charge in [0, 0.05) is 25.7 Å². The number of hydrogen-bond acceptors (Lipinski definition) is 3. The van der Waals surface area contributed by atoms with Crippen LogP contribution in [0.15, 0.2) is 22.8 Å². The van der Waals surface area contributed by atoms with Gasteiger partial charge in [-0.05, 0) is 50.8 Å². The van der Waals surface area contributed by atoms with E-state index in [1.165, 1.54) is 12.8 Å². The number of nitrogens with one attached hydrogen (secondary N) is 1. The summed E-state index contributed by atoms with van der Waals surface area (Å²) in [7, 11) is 0. The van der Waals surface area contributed by atoms with E-state index >= 15 is 0 Å². The molecule has 1 aromatic heterocycles. The third-order valence-electron chi connectivity index (χ3n) is 3.50. The van der Waals surface area contributed by atoms with E-state index in [1.54, 1.807) is 6.26 Å². The van der Waals surface area contributed by atoms with Crippen LogP contribution in [-0.4, -0.2) is 25.8 Å². The van der Waals surface area contributed by atoms with Crippen molar-refractivity contribution in [1.29, 1.82) is 0 Å². The predicted molar refractivity (Wildman–Crippen MR) is 68.0 cm³/mol. The first kappa shape index (κ1) is 12.7. The van der Waals surface area contributed by atoms with Crippen LogP contribution in [0, 0.1) is 5.92 Å². The smallest absolute Gasteiger partial charge is 0.103 e. The Bertz CT molecular complexity index is 291. The zero-order chi connectivity index (χ0) is 11.9. The van der Waals surface area contributed by atoms with Crippen LogP contribution in [0.4, 0.5) is 0 Å². The lowest BCUT2D eigenvalue weighted by Gasteiger charge is -2.24. The van der Waals surface area contributed by atoms with E-state index in [1.807, 2.05) is 12.1 Å². The summed E-state index contributed by atoms with van der Waals surface area (Å²) in [5.74, 6) is 1.89. The van der Waals surface area contributed by atoms with E-state index in [2.05, 4.69) is 12.2 Å². The maximum atomic E-state index is 5.36. The molecule has 17 heavy (non-hydrogen) atoms. The summed E-state index contributed by atoms with van der Waals surface area (Å²) in [5.41, 5.74) is 0. The topological polar surface area (TPSA) is 34.4 Å². The fourth-order valence-corrected chi connectivity index (χ4v) is 2.23. The Hall–Kier alpha value is -0.800. The van der Waals surface area contributed by atoms with Crippen molar-refractivity contribution in [3.8, 4) is 0 Å². The van der Waals surface area contributed by atoms with Crippen molar-refractivity contribution in [2.45, 2.75) is 38.6 Å². The average molecular weight is 237 g/mol. The minimum absolute atomic E-state index is 0.558. The Kier molecular flexibility index (Phi) is 5.08. The van der Waals surface area contributed by atoms with E-state index in [0.29, 0.717) is 6.04 Å². The molecule has 0 bridgehead atoms. The molecule has 3 nitrogen and oxygen atoms in total. The summed E-state index contributed by atoms with van der Waals surface area (Å²) in [4.78, 5) is 0. The standard InChI is InChI=1S/C14H23NO2/c1-12(4-5-14-3-2-8-17-14)15-11-13-6-9-16-10-7-13/h2-3,8,12-13,15H,4-7,9-11H2,1H3. The molecule has 2 rings (SSSR count). The Labute approximate surface area is 104 Å². The number of aryl methyl sites for hydroxylation is 1. The molecule has 1 unspecified atom stereocenters. The van der Waals surface area contributed by atoms with Gasteiger partial charge in [0.15, 0.2) is 0 Å². The summed E-state index contributed by atoms with van der Waals surface area (Å²) in [6, 6.07) is 4.56. The van der Waals surface area contributed by atoms with Crippen molar-refractivity contribution in [2.75, 3.05) is 19.8 Å². The highest BCUT2D eigenvalue weighted by Crippen LogP contribution is 2.14. The molecule has 1 aliphatic rings. The lowest BCUT2D eigenvalue weighted by molar-refractivity contribution is 0.0655. The van der Waals surface area contributed by atoms with E-state index in [-0.39, 0.29) is 0 Å². The van der Waals surface area contributed by atoms with Gasteiger partial charge in [-0.1, -0.05) is 0 Å². The number of hydrogen-bond donors (Lipinski definition) is 1. The van der Waals surface area contributed by atoms with Crippen LogP contribution in [0.25, 0.3) is 0 Å². The molecule has 96 valence electrons. The van der Waals surface area contributed by atoms with Gasteiger partial charge < -0.3 is 14.5 Å². The molecule has 3 heteroatoms. The molecule has 0 aromatic carbocycles. The maximum Gasteiger partial charge on any atom is 0.103 e. The van der Waals surface area contributed by atoms with E-state index in [0.717, 1.165) is 44.3 Å². The largest absolute Gasteiger partial charge is 0.469 e. The Morgan fingerprint density at radius 1 is 1.41 bits per heavy atom.